The lowest BCUT2D eigenvalue weighted by atomic mass is 9.93. The highest BCUT2D eigenvalue weighted by molar-refractivity contribution is 6.35. The Labute approximate surface area is 246 Å². The van der Waals surface area contributed by atoms with Crippen molar-refractivity contribution in [2.24, 2.45) is 5.92 Å². The van der Waals surface area contributed by atoms with Crippen molar-refractivity contribution in [2.75, 3.05) is 24.5 Å². The van der Waals surface area contributed by atoms with E-state index in [1.54, 1.807) is 24.8 Å². The van der Waals surface area contributed by atoms with Gasteiger partial charge in [-0.15, -0.1) is 10.2 Å². The third-order valence-corrected chi connectivity index (χ3v) is 7.79. The highest BCUT2D eigenvalue weighted by Crippen LogP contribution is 2.31. The van der Waals surface area contributed by atoms with Crippen LogP contribution >= 0.6 is 23.2 Å². The number of rotatable bonds is 8. The molecule has 0 unspecified atom stereocenters. The Morgan fingerprint density at radius 2 is 1.76 bits per heavy atom. The van der Waals surface area contributed by atoms with Gasteiger partial charge < -0.3 is 19.3 Å². The zero-order valence-corrected chi connectivity index (χ0v) is 23.7. The molecule has 1 saturated heterocycles. The molecule has 2 aliphatic heterocycles. The number of hydrogen-bond donors (Lipinski definition) is 1. The van der Waals surface area contributed by atoms with Crippen LogP contribution < -0.4 is 9.64 Å². The molecule has 0 spiro atoms. The highest BCUT2D eigenvalue weighted by atomic mass is 35.5. The maximum absolute atomic E-state index is 11.1. The van der Waals surface area contributed by atoms with Crippen molar-refractivity contribution in [3.63, 3.8) is 0 Å². The van der Waals surface area contributed by atoms with Crippen LogP contribution in [0.1, 0.15) is 30.7 Å². The van der Waals surface area contributed by atoms with Crippen molar-refractivity contribution >= 4 is 35.1 Å². The Hall–Kier alpha value is -3.80. The summed E-state index contributed by atoms with van der Waals surface area (Å²) < 4.78 is 8.17. The number of halogens is 2. The summed E-state index contributed by atoms with van der Waals surface area (Å²) in [5.41, 5.74) is 2.46. The summed E-state index contributed by atoms with van der Waals surface area (Å²) in [6.07, 6.45) is 6.95. The fourth-order valence-electron chi connectivity index (χ4n) is 5.29. The molecule has 2 aliphatic rings. The minimum atomic E-state index is -0.735. The van der Waals surface area contributed by atoms with Crippen LogP contribution in [0.2, 0.25) is 10.0 Å². The molecule has 3 aromatic heterocycles. The fraction of sp³-hybridized carbons (Fsp3) is 0.357. The van der Waals surface area contributed by atoms with Crippen molar-refractivity contribution in [3.8, 4) is 22.9 Å². The summed E-state index contributed by atoms with van der Waals surface area (Å²) in [6.45, 7) is 4.45. The Balaban J connectivity index is 1.21. The van der Waals surface area contributed by atoms with E-state index in [2.05, 4.69) is 25.1 Å². The second-order valence-electron chi connectivity index (χ2n) is 10.4. The van der Waals surface area contributed by atoms with Gasteiger partial charge in [0, 0.05) is 47.7 Å². The Kier molecular flexibility index (Phi) is 8.00. The number of anilines is 1. The van der Waals surface area contributed by atoms with Crippen LogP contribution in [-0.2, 0) is 24.4 Å². The SMILES string of the molecule is O=C(O)CC1CCN(Cc2cc(Oc3cnc(N4CCn5cnnc5C4)nc3)nc(-c3cc(Cl)cc(Cl)c3)c2)CC1. The predicted molar refractivity (Wildman–Crippen MR) is 153 cm³/mol. The minimum Gasteiger partial charge on any atom is -0.481 e. The van der Waals surface area contributed by atoms with Gasteiger partial charge in [0.25, 0.3) is 0 Å². The molecule has 5 heterocycles. The summed E-state index contributed by atoms with van der Waals surface area (Å²) in [5, 5.41) is 18.3. The predicted octanol–water partition coefficient (Wildman–Crippen LogP) is 4.94. The van der Waals surface area contributed by atoms with Crippen LogP contribution in [0.5, 0.6) is 11.6 Å². The summed E-state index contributed by atoms with van der Waals surface area (Å²) in [5.74, 6) is 1.81. The monoisotopic (exact) mass is 594 g/mol. The molecule has 1 fully saturated rings. The van der Waals surface area contributed by atoms with Gasteiger partial charge in [-0.3, -0.25) is 9.69 Å². The number of piperidine rings is 1. The van der Waals surface area contributed by atoms with Gasteiger partial charge in [0.2, 0.25) is 11.8 Å². The maximum atomic E-state index is 11.1. The Morgan fingerprint density at radius 3 is 2.49 bits per heavy atom. The first kappa shape index (κ1) is 27.4. The standard InChI is InChI=1S/C28H28Cl2N8O3/c29-21-10-20(11-22(30)12-21)24-7-19(15-36-3-1-18(2-4-36)9-27(39)40)8-26(34-24)41-23-13-31-28(32-14-23)37-5-6-38-17-33-35-25(38)16-37/h7-8,10-14,17-18H,1-6,9,15-16H2,(H,39,40). The molecule has 6 rings (SSSR count). The van der Waals surface area contributed by atoms with E-state index in [1.165, 1.54) is 0 Å². The normalized spacial score (nSPS) is 16.0. The molecule has 212 valence electrons. The molecule has 0 radical (unpaired) electrons. The molecule has 0 bridgehead atoms. The van der Waals surface area contributed by atoms with Crippen LogP contribution in [0.25, 0.3) is 11.3 Å². The largest absolute Gasteiger partial charge is 0.481 e. The van der Waals surface area contributed by atoms with Gasteiger partial charge >= 0.3 is 5.97 Å². The lowest BCUT2D eigenvalue weighted by Crippen LogP contribution is -2.34. The number of likely N-dealkylation sites (tertiary alicyclic amines) is 1. The minimum absolute atomic E-state index is 0.218. The quantitative estimate of drug-likeness (QED) is 0.300. The third-order valence-electron chi connectivity index (χ3n) is 7.36. The third kappa shape index (κ3) is 6.75. The van der Waals surface area contributed by atoms with E-state index in [4.69, 9.17) is 38.0 Å². The smallest absolute Gasteiger partial charge is 0.303 e. The molecule has 4 aromatic rings. The molecule has 13 heteroatoms. The summed E-state index contributed by atoms with van der Waals surface area (Å²) in [7, 11) is 0. The summed E-state index contributed by atoms with van der Waals surface area (Å²) in [6, 6.07) is 9.23. The number of ether oxygens (including phenoxy) is 1. The van der Waals surface area contributed by atoms with Gasteiger partial charge in [-0.1, -0.05) is 23.2 Å². The zero-order valence-electron chi connectivity index (χ0n) is 22.2. The van der Waals surface area contributed by atoms with E-state index in [0.29, 0.717) is 46.4 Å². The number of carboxylic acids is 1. The molecule has 0 atom stereocenters. The number of aliphatic carboxylic acids is 1. The Bertz CT molecular complexity index is 1520. The number of pyridine rings is 1. The van der Waals surface area contributed by atoms with Crippen molar-refractivity contribution < 1.29 is 14.6 Å². The van der Waals surface area contributed by atoms with Crippen LogP contribution in [0, 0.1) is 5.92 Å². The average Bonchev–Trinajstić information content (AvgIpc) is 3.42. The molecule has 1 N–H and O–H groups in total. The number of hydrogen-bond acceptors (Lipinski definition) is 9. The number of carbonyl (C=O) groups is 1. The molecular formula is C28H28Cl2N8O3. The molecule has 0 amide bonds. The van der Waals surface area contributed by atoms with Gasteiger partial charge in [-0.25, -0.2) is 15.0 Å². The van der Waals surface area contributed by atoms with E-state index in [1.807, 2.05) is 33.7 Å². The molecule has 1 aromatic carbocycles. The number of benzene rings is 1. The number of fused-ring (bicyclic) bond motifs is 1. The van der Waals surface area contributed by atoms with Crippen molar-refractivity contribution in [1.82, 2.24) is 34.6 Å². The summed E-state index contributed by atoms with van der Waals surface area (Å²) >= 11 is 12.6. The zero-order chi connectivity index (χ0) is 28.3. The van der Waals surface area contributed by atoms with Gasteiger partial charge in [0.15, 0.2) is 11.6 Å². The van der Waals surface area contributed by atoms with Crippen LogP contribution in [0.4, 0.5) is 5.95 Å². The number of aromatic nitrogens is 6. The van der Waals surface area contributed by atoms with Crippen molar-refractivity contribution in [3.05, 3.63) is 70.5 Å². The Morgan fingerprint density at radius 1 is 1.00 bits per heavy atom. The first-order valence-electron chi connectivity index (χ1n) is 13.4. The van der Waals surface area contributed by atoms with E-state index >= 15 is 0 Å². The highest BCUT2D eigenvalue weighted by Gasteiger charge is 2.22. The van der Waals surface area contributed by atoms with Crippen molar-refractivity contribution in [1.29, 1.82) is 0 Å². The van der Waals surface area contributed by atoms with E-state index < -0.39 is 5.97 Å². The fourth-order valence-corrected chi connectivity index (χ4v) is 5.82. The van der Waals surface area contributed by atoms with Gasteiger partial charge in [-0.2, -0.15) is 0 Å². The van der Waals surface area contributed by atoms with E-state index in [-0.39, 0.29) is 12.3 Å². The van der Waals surface area contributed by atoms with Crippen molar-refractivity contribution in [2.45, 2.75) is 38.9 Å². The second-order valence-corrected chi connectivity index (χ2v) is 11.2. The number of nitrogens with zero attached hydrogens (tertiary/aromatic N) is 8. The van der Waals surface area contributed by atoms with Gasteiger partial charge in [-0.05, 0) is 61.7 Å². The first-order chi connectivity index (χ1) is 19.9. The first-order valence-corrected chi connectivity index (χ1v) is 14.2. The molecule has 41 heavy (non-hydrogen) atoms. The van der Waals surface area contributed by atoms with E-state index in [9.17, 15) is 4.79 Å². The van der Waals surface area contributed by atoms with Crippen LogP contribution in [0.3, 0.4) is 0 Å². The number of carboxylic acid groups (broad SMARTS) is 1. The van der Waals surface area contributed by atoms with Crippen LogP contribution in [-0.4, -0.2) is 65.3 Å². The second kappa shape index (κ2) is 12.0. The lowest BCUT2D eigenvalue weighted by molar-refractivity contribution is -0.138. The average molecular weight is 595 g/mol. The lowest BCUT2D eigenvalue weighted by Gasteiger charge is -2.31. The molecule has 0 saturated carbocycles. The van der Waals surface area contributed by atoms with E-state index in [0.717, 1.165) is 56.0 Å². The van der Waals surface area contributed by atoms with Gasteiger partial charge in [0.1, 0.15) is 6.33 Å². The topological polar surface area (TPSA) is 122 Å². The molecule has 0 aliphatic carbocycles. The van der Waals surface area contributed by atoms with Crippen LogP contribution in [0.15, 0.2) is 49.1 Å². The summed E-state index contributed by atoms with van der Waals surface area (Å²) in [4.78, 5) is 29.3. The van der Waals surface area contributed by atoms with Gasteiger partial charge in [0.05, 0.1) is 24.6 Å². The molecule has 11 nitrogen and oxygen atoms in total. The molecular weight excluding hydrogens is 567 g/mol. The maximum Gasteiger partial charge on any atom is 0.303 e.